The Hall–Kier alpha value is -1.25. The summed E-state index contributed by atoms with van der Waals surface area (Å²) < 4.78 is 1.81. The zero-order valence-corrected chi connectivity index (χ0v) is 10.1. The summed E-state index contributed by atoms with van der Waals surface area (Å²) in [6, 6.07) is 0.491. The van der Waals surface area contributed by atoms with Crippen LogP contribution in [0.3, 0.4) is 0 Å². The van der Waals surface area contributed by atoms with Crippen molar-refractivity contribution in [1.29, 1.82) is 0 Å². The Bertz CT molecular complexity index is 321. The molecule has 0 aromatic carbocycles. The number of allylic oxidation sites excluding steroid dienone is 2. The van der Waals surface area contributed by atoms with Crippen LogP contribution in [0.1, 0.15) is 33.6 Å². The molecule has 84 valence electrons. The third kappa shape index (κ3) is 4.68. The molecule has 1 heterocycles. The van der Waals surface area contributed by atoms with Crippen molar-refractivity contribution in [2.45, 2.75) is 39.7 Å². The molecule has 0 aliphatic carbocycles. The molecule has 15 heavy (non-hydrogen) atoms. The average Bonchev–Trinajstić information content (AvgIpc) is 2.50. The number of anilines is 1. The molecule has 0 spiro atoms. The number of hydrogen-bond donors (Lipinski definition) is 1. The fourth-order valence-electron chi connectivity index (χ4n) is 1.47. The normalized spacial score (nSPS) is 12.3. The van der Waals surface area contributed by atoms with Crippen LogP contribution < -0.4 is 5.32 Å². The summed E-state index contributed by atoms with van der Waals surface area (Å²) in [7, 11) is 1.93. The Morgan fingerprint density at radius 2 is 2.33 bits per heavy atom. The minimum absolute atomic E-state index is 0.491. The van der Waals surface area contributed by atoms with E-state index in [1.54, 1.807) is 0 Å². The zero-order chi connectivity index (χ0) is 11.3. The Kier molecular flexibility index (Phi) is 4.40. The number of rotatable bonds is 5. The molecule has 0 saturated heterocycles. The van der Waals surface area contributed by atoms with E-state index in [0.29, 0.717) is 6.04 Å². The number of nitrogens with zero attached hydrogens (tertiary/aromatic N) is 2. The predicted octanol–water partition coefficient (Wildman–Crippen LogP) is 2.97. The maximum atomic E-state index is 4.12. The number of nitrogens with one attached hydrogen (secondary N) is 1. The van der Waals surface area contributed by atoms with E-state index in [2.05, 4.69) is 37.3 Å². The van der Waals surface area contributed by atoms with Crippen LogP contribution in [0.4, 0.5) is 5.69 Å². The van der Waals surface area contributed by atoms with Gasteiger partial charge in [0.1, 0.15) is 0 Å². The van der Waals surface area contributed by atoms with Gasteiger partial charge in [0, 0.05) is 19.3 Å². The molecular weight excluding hydrogens is 186 g/mol. The van der Waals surface area contributed by atoms with Crippen molar-refractivity contribution in [3.63, 3.8) is 0 Å². The molecule has 0 aliphatic rings. The molecule has 0 amide bonds. The first kappa shape index (κ1) is 11.8. The topological polar surface area (TPSA) is 29.9 Å². The van der Waals surface area contributed by atoms with Crippen molar-refractivity contribution in [1.82, 2.24) is 9.78 Å². The lowest BCUT2D eigenvalue weighted by Gasteiger charge is -2.12. The van der Waals surface area contributed by atoms with Crippen LogP contribution in [0.25, 0.3) is 0 Å². The third-order valence-corrected chi connectivity index (χ3v) is 2.27. The molecule has 0 aliphatic heterocycles. The summed E-state index contributed by atoms with van der Waals surface area (Å²) in [6.07, 6.45) is 8.42. The van der Waals surface area contributed by atoms with Gasteiger partial charge in [-0.15, -0.1) is 0 Å². The third-order valence-electron chi connectivity index (χ3n) is 2.27. The second-order valence-corrected chi connectivity index (χ2v) is 4.31. The molecule has 3 heteroatoms. The number of hydrogen-bond acceptors (Lipinski definition) is 2. The van der Waals surface area contributed by atoms with E-state index >= 15 is 0 Å². The van der Waals surface area contributed by atoms with Gasteiger partial charge in [0.2, 0.25) is 0 Å². The lowest BCUT2D eigenvalue weighted by atomic mass is 10.1. The largest absolute Gasteiger partial charge is 0.380 e. The van der Waals surface area contributed by atoms with Crippen LogP contribution in [-0.2, 0) is 7.05 Å². The van der Waals surface area contributed by atoms with E-state index in [4.69, 9.17) is 0 Å². The van der Waals surface area contributed by atoms with Gasteiger partial charge in [-0.05, 0) is 33.6 Å². The molecule has 0 radical (unpaired) electrons. The fraction of sp³-hybridized carbons (Fsp3) is 0.583. The van der Waals surface area contributed by atoms with Crippen LogP contribution in [0.5, 0.6) is 0 Å². The van der Waals surface area contributed by atoms with Crippen molar-refractivity contribution in [2.75, 3.05) is 5.32 Å². The van der Waals surface area contributed by atoms with Gasteiger partial charge in [-0.1, -0.05) is 11.6 Å². The molecule has 0 saturated carbocycles. The summed E-state index contributed by atoms with van der Waals surface area (Å²) in [5.41, 5.74) is 2.49. The van der Waals surface area contributed by atoms with Gasteiger partial charge in [-0.3, -0.25) is 4.68 Å². The average molecular weight is 207 g/mol. The second-order valence-electron chi connectivity index (χ2n) is 4.31. The molecule has 3 nitrogen and oxygen atoms in total. The second kappa shape index (κ2) is 5.59. The van der Waals surface area contributed by atoms with E-state index in [0.717, 1.165) is 18.5 Å². The Morgan fingerprint density at radius 1 is 1.60 bits per heavy atom. The smallest absolute Gasteiger partial charge is 0.0728 e. The lowest BCUT2D eigenvalue weighted by Crippen LogP contribution is -2.14. The number of aryl methyl sites for hydroxylation is 1. The summed E-state index contributed by atoms with van der Waals surface area (Å²) in [4.78, 5) is 0. The highest BCUT2D eigenvalue weighted by Gasteiger charge is 2.01. The maximum absolute atomic E-state index is 4.12. The van der Waals surface area contributed by atoms with Gasteiger partial charge < -0.3 is 5.32 Å². The first-order chi connectivity index (χ1) is 7.08. The van der Waals surface area contributed by atoms with Gasteiger partial charge in [-0.2, -0.15) is 5.10 Å². The minimum atomic E-state index is 0.491. The van der Waals surface area contributed by atoms with Crippen LogP contribution in [0.2, 0.25) is 0 Å². The molecule has 1 aromatic rings. The van der Waals surface area contributed by atoms with Gasteiger partial charge in [0.15, 0.2) is 0 Å². The molecule has 1 atom stereocenters. The fourth-order valence-corrected chi connectivity index (χ4v) is 1.47. The van der Waals surface area contributed by atoms with Gasteiger partial charge >= 0.3 is 0 Å². The maximum Gasteiger partial charge on any atom is 0.0728 e. The lowest BCUT2D eigenvalue weighted by molar-refractivity contribution is 0.716. The molecule has 1 rings (SSSR count). The van der Waals surface area contributed by atoms with Crippen LogP contribution >= 0.6 is 0 Å². The van der Waals surface area contributed by atoms with Crippen molar-refractivity contribution in [3.05, 3.63) is 24.0 Å². The van der Waals surface area contributed by atoms with Gasteiger partial charge in [-0.25, -0.2) is 0 Å². The van der Waals surface area contributed by atoms with E-state index in [1.807, 2.05) is 24.1 Å². The van der Waals surface area contributed by atoms with E-state index in [-0.39, 0.29) is 0 Å². The van der Waals surface area contributed by atoms with Crippen LogP contribution in [0, 0.1) is 0 Å². The Morgan fingerprint density at radius 3 is 2.87 bits per heavy atom. The first-order valence-electron chi connectivity index (χ1n) is 5.46. The van der Waals surface area contributed by atoms with E-state index in [1.165, 1.54) is 5.57 Å². The Labute approximate surface area is 92.2 Å². The number of aromatic nitrogens is 2. The van der Waals surface area contributed by atoms with E-state index < -0.39 is 0 Å². The monoisotopic (exact) mass is 207 g/mol. The summed E-state index contributed by atoms with van der Waals surface area (Å²) in [5, 5.41) is 7.54. The highest BCUT2D eigenvalue weighted by atomic mass is 15.3. The highest BCUT2D eigenvalue weighted by Crippen LogP contribution is 2.09. The molecule has 1 unspecified atom stereocenters. The highest BCUT2D eigenvalue weighted by molar-refractivity contribution is 5.38. The molecule has 1 N–H and O–H groups in total. The van der Waals surface area contributed by atoms with Crippen molar-refractivity contribution in [2.24, 2.45) is 7.05 Å². The van der Waals surface area contributed by atoms with Crippen LogP contribution in [-0.4, -0.2) is 15.8 Å². The summed E-state index contributed by atoms with van der Waals surface area (Å²) in [5.74, 6) is 0. The van der Waals surface area contributed by atoms with Crippen molar-refractivity contribution < 1.29 is 0 Å². The first-order valence-corrected chi connectivity index (χ1v) is 5.46. The summed E-state index contributed by atoms with van der Waals surface area (Å²) in [6.45, 7) is 6.48. The zero-order valence-electron chi connectivity index (χ0n) is 10.1. The van der Waals surface area contributed by atoms with Crippen molar-refractivity contribution >= 4 is 5.69 Å². The van der Waals surface area contributed by atoms with Crippen molar-refractivity contribution in [3.8, 4) is 0 Å². The Balaban J connectivity index is 2.30. The summed E-state index contributed by atoms with van der Waals surface area (Å²) >= 11 is 0. The SMILES string of the molecule is CC(C)=CCCC(C)Nc1cnn(C)c1. The predicted molar refractivity (Wildman–Crippen MR) is 65.0 cm³/mol. The van der Waals surface area contributed by atoms with Gasteiger partial charge in [0.25, 0.3) is 0 Å². The minimum Gasteiger partial charge on any atom is -0.380 e. The van der Waals surface area contributed by atoms with Crippen LogP contribution in [0.15, 0.2) is 24.0 Å². The molecule has 0 fully saturated rings. The molecular formula is C12H21N3. The quantitative estimate of drug-likeness (QED) is 0.752. The van der Waals surface area contributed by atoms with E-state index in [9.17, 15) is 0 Å². The standard InChI is InChI=1S/C12H21N3/c1-10(2)6-5-7-11(3)14-12-8-13-15(4)9-12/h6,8-9,11,14H,5,7H2,1-4H3. The molecule has 1 aromatic heterocycles. The molecule has 0 bridgehead atoms. The van der Waals surface area contributed by atoms with Gasteiger partial charge in [0.05, 0.1) is 11.9 Å².